The molecule has 0 atom stereocenters. The standard InChI is InChI=1S/C15H23N3O/c19-15(14-2-1-7-17-14)18-10-5-13(6-11-18)12-3-8-16-9-4-12/h1-2,7,12-13,16-17H,3-6,8-11H2. The van der Waals surface area contributed by atoms with E-state index in [4.69, 9.17) is 0 Å². The molecule has 19 heavy (non-hydrogen) atoms. The first-order chi connectivity index (χ1) is 9.34. The normalized spacial score (nSPS) is 22.6. The van der Waals surface area contributed by atoms with Crippen molar-refractivity contribution in [1.82, 2.24) is 15.2 Å². The summed E-state index contributed by atoms with van der Waals surface area (Å²) in [5.74, 6) is 1.87. The monoisotopic (exact) mass is 261 g/mol. The van der Waals surface area contributed by atoms with Gasteiger partial charge in [-0.1, -0.05) is 0 Å². The van der Waals surface area contributed by atoms with E-state index >= 15 is 0 Å². The van der Waals surface area contributed by atoms with E-state index in [0.29, 0.717) is 0 Å². The second-order valence-corrected chi connectivity index (χ2v) is 5.80. The quantitative estimate of drug-likeness (QED) is 0.854. The molecule has 2 aliphatic rings. The molecule has 0 saturated carbocycles. The first-order valence-corrected chi connectivity index (χ1v) is 7.48. The minimum Gasteiger partial charge on any atom is -0.357 e. The molecule has 2 N–H and O–H groups in total. The molecule has 1 aromatic heterocycles. The predicted molar refractivity (Wildman–Crippen MR) is 75.0 cm³/mol. The third-order valence-electron chi connectivity index (χ3n) is 4.71. The summed E-state index contributed by atoms with van der Waals surface area (Å²) in [6.07, 6.45) is 6.80. The van der Waals surface area contributed by atoms with E-state index in [1.165, 1.54) is 38.8 Å². The second kappa shape index (κ2) is 5.78. The molecule has 2 saturated heterocycles. The average Bonchev–Trinajstić information content (AvgIpc) is 3.02. The minimum absolute atomic E-state index is 0.161. The highest BCUT2D eigenvalue weighted by Crippen LogP contribution is 2.31. The molecule has 0 unspecified atom stereocenters. The number of H-pyrrole nitrogens is 1. The number of aromatic amines is 1. The Labute approximate surface area is 114 Å². The Hall–Kier alpha value is -1.29. The lowest BCUT2D eigenvalue weighted by Crippen LogP contribution is -2.42. The second-order valence-electron chi connectivity index (χ2n) is 5.80. The Morgan fingerprint density at radius 3 is 2.42 bits per heavy atom. The van der Waals surface area contributed by atoms with Crippen molar-refractivity contribution in [2.45, 2.75) is 25.7 Å². The first kappa shape index (κ1) is 12.7. The highest BCUT2D eigenvalue weighted by Gasteiger charge is 2.29. The van der Waals surface area contributed by atoms with Crippen molar-refractivity contribution in [2.75, 3.05) is 26.2 Å². The molecule has 104 valence electrons. The van der Waals surface area contributed by atoms with Crippen LogP contribution in [0, 0.1) is 11.8 Å². The van der Waals surface area contributed by atoms with Crippen molar-refractivity contribution in [3.05, 3.63) is 24.0 Å². The van der Waals surface area contributed by atoms with E-state index in [1.54, 1.807) is 0 Å². The number of carbonyl (C=O) groups excluding carboxylic acids is 1. The molecule has 0 bridgehead atoms. The lowest BCUT2D eigenvalue weighted by Gasteiger charge is -2.37. The molecule has 2 fully saturated rings. The Bertz CT molecular complexity index is 401. The summed E-state index contributed by atoms with van der Waals surface area (Å²) in [6.45, 7) is 4.19. The molecule has 2 aliphatic heterocycles. The third-order valence-corrected chi connectivity index (χ3v) is 4.71. The van der Waals surface area contributed by atoms with E-state index in [0.717, 1.165) is 30.6 Å². The lowest BCUT2D eigenvalue weighted by molar-refractivity contribution is 0.0637. The molecular formula is C15H23N3O. The van der Waals surface area contributed by atoms with Crippen LogP contribution in [0.2, 0.25) is 0 Å². The van der Waals surface area contributed by atoms with Crippen molar-refractivity contribution in [2.24, 2.45) is 11.8 Å². The van der Waals surface area contributed by atoms with Crippen LogP contribution in [0.3, 0.4) is 0 Å². The smallest absolute Gasteiger partial charge is 0.270 e. The van der Waals surface area contributed by atoms with Crippen molar-refractivity contribution >= 4 is 5.91 Å². The number of rotatable bonds is 2. The van der Waals surface area contributed by atoms with Crippen LogP contribution in [-0.2, 0) is 0 Å². The van der Waals surface area contributed by atoms with E-state index in [-0.39, 0.29) is 5.91 Å². The number of amides is 1. The SMILES string of the molecule is O=C(c1ccc[nH]1)N1CCC(C2CCNCC2)CC1. The molecule has 3 rings (SSSR count). The van der Waals surface area contributed by atoms with Gasteiger partial charge in [-0.3, -0.25) is 4.79 Å². The fourth-order valence-electron chi connectivity index (χ4n) is 3.52. The molecule has 0 aromatic carbocycles. The van der Waals surface area contributed by atoms with Crippen molar-refractivity contribution in [1.29, 1.82) is 0 Å². The van der Waals surface area contributed by atoms with E-state index in [2.05, 4.69) is 10.3 Å². The Morgan fingerprint density at radius 1 is 1.11 bits per heavy atom. The van der Waals surface area contributed by atoms with Crippen LogP contribution in [0.15, 0.2) is 18.3 Å². The van der Waals surface area contributed by atoms with Crippen LogP contribution in [0.25, 0.3) is 0 Å². The van der Waals surface area contributed by atoms with Gasteiger partial charge in [0.25, 0.3) is 5.91 Å². The van der Waals surface area contributed by atoms with Gasteiger partial charge in [-0.05, 0) is 62.7 Å². The van der Waals surface area contributed by atoms with E-state index < -0.39 is 0 Å². The number of hydrogen-bond acceptors (Lipinski definition) is 2. The van der Waals surface area contributed by atoms with Gasteiger partial charge in [0.05, 0.1) is 0 Å². The van der Waals surface area contributed by atoms with Gasteiger partial charge < -0.3 is 15.2 Å². The largest absolute Gasteiger partial charge is 0.357 e. The zero-order valence-corrected chi connectivity index (χ0v) is 11.4. The van der Waals surface area contributed by atoms with Gasteiger partial charge >= 0.3 is 0 Å². The minimum atomic E-state index is 0.161. The average molecular weight is 261 g/mol. The summed E-state index contributed by atoms with van der Waals surface area (Å²) >= 11 is 0. The summed E-state index contributed by atoms with van der Waals surface area (Å²) in [5.41, 5.74) is 0.723. The van der Waals surface area contributed by atoms with Crippen LogP contribution < -0.4 is 5.32 Å². The highest BCUT2D eigenvalue weighted by atomic mass is 16.2. The predicted octanol–water partition coefficient (Wildman–Crippen LogP) is 1.87. The van der Waals surface area contributed by atoms with Crippen LogP contribution in [0.1, 0.15) is 36.2 Å². The number of likely N-dealkylation sites (tertiary alicyclic amines) is 1. The van der Waals surface area contributed by atoms with Gasteiger partial charge in [-0.2, -0.15) is 0 Å². The van der Waals surface area contributed by atoms with Gasteiger partial charge in [-0.15, -0.1) is 0 Å². The number of piperidine rings is 2. The Kier molecular flexibility index (Phi) is 3.87. The van der Waals surface area contributed by atoms with Crippen LogP contribution >= 0.6 is 0 Å². The highest BCUT2D eigenvalue weighted by molar-refractivity contribution is 5.92. The fourth-order valence-corrected chi connectivity index (χ4v) is 3.52. The maximum absolute atomic E-state index is 12.2. The number of hydrogen-bond donors (Lipinski definition) is 2. The van der Waals surface area contributed by atoms with Crippen molar-refractivity contribution in [3.63, 3.8) is 0 Å². The maximum Gasteiger partial charge on any atom is 0.270 e. The maximum atomic E-state index is 12.2. The van der Waals surface area contributed by atoms with Crippen LogP contribution in [0.5, 0.6) is 0 Å². The number of carbonyl (C=O) groups is 1. The number of nitrogens with one attached hydrogen (secondary N) is 2. The molecular weight excluding hydrogens is 238 g/mol. The summed E-state index contributed by atoms with van der Waals surface area (Å²) < 4.78 is 0. The molecule has 4 heteroatoms. The molecule has 1 aromatic rings. The van der Waals surface area contributed by atoms with Gasteiger partial charge in [0.2, 0.25) is 0 Å². The van der Waals surface area contributed by atoms with Crippen molar-refractivity contribution < 1.29 is 4.79 Å². The van der Waals surface area contributed by atoms with Gasteiger partial charge in [0, 0.05) is 19.3 Å². The topological polar surface area (TPSA) is 48.1 Å². The molecule has 0 aliphatic carbocycles. The third kappa shape index (κ3) is 2.84. The zero-order valence-electron chi connectivity index (χ0n) is 11.4. The van der Waals surface area contributed by atoms with Crippen LogP contribution in [0.4, 0.5) is 0 Å². The van der Waals surface area contributed by atoms with Gasteiger partial charge in [-0.25, -0.2) is 0 Å². The Balaban J connectivity index is 1.53. The lowest BCUT2D eigenvalue weighted by atomic mass is 9.79. The first-order valence-electron chi connectivity index (χ1n) is 7.48. The van der Waals surface area contributed by atoms with E-state index in [1.807, 2.05) is 23.2 Å². The summed E-state index contributed by atoms with van der Waals surface area (Å²) in [7, 11) is 0. The van der Waals surface area contributed by atoms with Crippen molar-refractivity contribution in [3.8, 4) is 0 Å². The fraction of sp³-hybridized carbons (Fsp3) is 0.667. The molecule has 0 radical (unpaired) electrons. The number of aromatic nitrogens is 1. The summed E-state index contributed by atoms with van der Waals surface area (Å²) in [6, 6.07) is 3.75. The van der Waals surface area contributed by atoms with Gasteiger partial charge in [0.1, 0.15) is 5.69 Å². The summed E-state index contributed by atoms with van der Waals surface area (Å²) in [5, 5.41) is 3.43. The Morgan fingerprint density at radius 2 is 1.79 bits per heavy atom. The molecule has 3 heterocycles. The van der Waals surface area contributed by atoms with Gasteiger partial charge in [0.15, 0.2) is 0 Å². The number of nitrogens with zero attached hydrogens (tertiary/aromatic N) is 1. The van der Waals surface area contributed by atoms with Crippen LogP contribution in [-0.4, -0.2) is 42.0 Å². The molecule has 0 spiro atoms. The molecule has 1 amide bonds. The zero-order chi connectivity index (χ0) is 13.1. The summed E-state index contributed by atoms with van der Waals surface area (Å²) in [4.78, 5) is 17.2. The van der Waals surface area contributed by atoms with E-state index in [9.17, 15) is 4.79 Å². The molecule has 4 nitrogen and oxygen atoms in total.